The molecule has 0 bridgehead atoms. The monoisotopic (exact) mass is 285 g/mol. The van der Waals surface area contributed by atoms with Crippen LogP contribution in [0.3, 0.4) is 0 Å². The van der Waals surface area contributed by atoms with Crippen LogP contribution >= 0.6 is 0 Å². The second kappa shape index (κ2) is 5.77. The highest BCUT2D eigenvalue weighted by Gasteiger charge is 2.31. The average Bonchev–Trinajstić information content (AvgIpc) is 3.31. The fourth-order valence-corrected chi connectivity index (χ4v) is 2.94. The molecule has 0 saturated heterocycles. The van der Waals surface area contributed by atoms with Gasteiger partial charge in [0.1, 0.15) is 0 Å². The SMILES string of the molecule is CCNC(Cc1ccc([N+](=O)[O-])c2cccnc12)C1CC1. The van der Waals surface area contributed by atoms with E-state index in [1.54, 1.807) is 24.4 Å². The molecule has 1 unspecified atom stereocenters. The van der Waals surface area contributed by atoms with Gasteiger partial charge in [0.05, 0.1) is 15.8 Å². The number of benzene rings is 1. The van der Waals surface area contributed by atoms with Crippen molar-refractivity contribution in [2.24, 2.45) is 5.92 Å². The Balaban J connectivity index is 1.99. The standard InChI is InChI=1S/C16H19N3O2/c1-2-17-14(11-5-6-11)10-12-7-8-15(19(20)21)13-4-3-9-18-16(12)13/h3-4,7-9,11,14,17H,2,5-6,10H2,1H3. The van der Waals surface area contributed by atoms with E-state index in [0.29, 0.717) is 11.4 Å². The minimum absolute atomic E-state index is 0.133. The number of hydrogen-bond acceptors (Lipinski definition) is 4. The van der Waals surface area contributed by atoms with Gasteiger partial charge in [0.2, 0.25) is 0 Å². The van der Waals surface area contributed by atoms with Crippen molar-refractivity contribution in [3.63, 3.8) is 0 Å². The summed E-state index contributed by atoms with van der Waals surface area (Å²) in [5.74, 6) is 0.735. The van der Waals surface area contributed by atoms with Gasteiger partial charge < -0.3 is 5.32 Å². The zero-order valence-corrected chi connectivity index (χ0v) is 12.1. The molecule has 2 aromatic rings. The van der Waals surface area contributed by atoms with E-state index in [9.17, 15) is 10.1 Å². The number of nitrogens with zero attached hydrogens (tertiary/aromatic N) is 2. The molecule has 1 aromatic carbocycles. The van der Waals surface area contributed by atoms with Crippen molar-refractivity contribution in [1.29, 1.82) is 0 Å². The first-order valence-electron chi connectivity index (χ1n) is 7.45. The third kappa shape index (κ3) is 2.88. The predicted octanol–water partition coefficient (Wildman–Crippen LogP) is 3.07. The maximum atomic E-state index is 11.1. The van der Waals surface area contributed by atoms with Crippen LogP contribution in [0.1, 0.15) is 25.3 Å². The number of pyridine rings is 1. The van der Waals surface area contributed by atoms with Crippen molar-refractivity contribution in [2.45, 2.75) is 32.2 Å². The minimum atomic E-state index is -0.337. The van der Waals surface area contributed by atoms with Gasteiger partial charge in [-0.05, 0) is 55.5 Å². The van der Waals surface area contributed by atoms with Gasteiger partial charge in [-0.3, -0.25) is 15.1 Å². The molecule has 1 fully saturated rings. The number of nitrogens with one attached hydrogen (secondary N) is 1. The minimum Gasteiger partial charge on any atom is -0.314 e. The highest BCUT2D eigenvalue weighted by molar-refractivity contribution is 5.90. The van der Waals surface area contributed by atoms with Gasteiger partial charge >= 0.3 is 0 Å². The topological polar surface area (TPSA) is 68.1 Å². The Kier molecular flexibility index (Phi) is 3.84. The molecule has 3 rings (SSSR count). The Labute approximate surface area is 123 Å². The molecule has 110 valence electrons. The first-order chi connectivity index (χ1) is 10.2. The lowest BCUT2D eigenvalue weighted by Crippen LogP contribution is -2.33. The third-order valence-electron chi connectivity index (χ3n) is 4.12. The molecule has 0 spiro atoms. The van der Waals surface area contributed by atoms with Crippen molar-refractivity contribution in [1.82, 2.24) is 10.3 Å². The summed E-state index contributed by atoms with van der Waals surface area (Å²) in [6, 6.07) is 7.45. The molecule has 1 atom stereocenters. The molecule has 0 aliphatic heterocycles. The lowest BCUT2D eigenvalue weighted by molar-refractivity contribution is -0.383. The van der Waals surface area contributed by atoms with E-state index < -0.39 is 0 Å². The van der Waals surface area contributed by atoms with Crippen LogP contribution in [0.15, 0.2) is 30.5 Å². The van der Waals surface area contributed by atoms with Gasteiger partial charge in [0.25, 0.3) is 5.69 Å². The Morgan fingerprint density at radius 2 is 2.24 bits per heavy atom. The second-order valence-electron chi connectivity index (χ2n) is 5.61. The van der Waals surface area contributed by atoms with E-state index in [1.807, 2.05) is 6.07 Å². The van der Waals surface area contributed by atoms with Gasteiger partial charge in [0, 0.05) is 18.3 Å². The van der Waals surface area contributed by atoms with Crippen LogP contribution in [0.5, 0.6) is 0 Å². The predicted molar refractivity (Wildman–Crippen MR) is 82.3 cm³/mol. The van der Waals surface area contributed by atoms with Gasteiger partial charge in [-0.25, -0.2) is 0 Å². The lowest BCUT2D eigenvalue weighted by Gasteiger charge is -2.18. The summed E-state index contributed by atoms with van der Waals surface area (Å²) in [7, 11) is 0. The number of hydrogen-bond donors (Lipinski definition) is 1. The van der Waals surface area contributed by atoms with Gasteiger partial charge in [-0.1, -0.05) is 6.92 Å². The van der Waals surface area contributed by atoms with Gasteiger partial charge in [0.15, 0.2) is 0 Å². The van der Waals surface area contributed by atoms with Crippen LogP contribution in [0.4, 0.5) is 5.69 Å². The maximum absolute atomic E-state index is 11.1. The van der Waals surface area contributed by atoms with Crippen molar-refractivity contribution >= 4 is 16.6 Å². The highest BCUT2D eigenvalue weighted by atomic mass is 16.6. The van der Waals surface area contributed by atoms with Crippen molar-refractivity contribution < 1.29 is 4.92 Å². The quantitative estimate of drug-likeness (QED) is 0.654. The van der Waals surface area contributed by atoms with E-state index in [1.165, 1.54) is 12.8 Å². The molecule has 1 N–H and O–H groups in total. The van der Waals surface area contributed by atoms with Crippen LogP contribution in [0.25, 0.3) is 10.9 Å². The molecule has 5 heteroatoms. The maximum Gasteiger partial charge on any atom is 0.278 e. The average molecular weight is 285 g/mol. The second-order valence-corrected chi connectivity index (χ2v) is 5.61. The normalized spacial score (nSPS) is 16.0. The largest absolute Gasteiger partial charge is 0.314 e. The number of fused-ring (bicyclic) bond motifs is 1. The molecular formula is C16H19N3O2. The number of non-ortho nitro benzene ring substituents is 1. The summed E-state index contributed by atoms with van der Waals surface area (Å²) in [4.78, 5) is 15.2. The van der Waals surface area contributed by atoms with Crippen LogP contribution in [-0.4, -0.2) is 22.5 Å². The van der Waals surface area contributed by atoms with E-state index in [4.69, 9.17) is 0 Å². The molecule has 1 heterocycles. The van der Waals surface area contributed by atoms with Crippen LogP contribution in [0, 0.1) is 16.0 Å². The van der Waals surface area contributed by atoms with Gasteiger partial charge in [-0.2, -0.15) is 0 Å². The molecule has 0 radical (unpaired) electrons. The first kappa shape index (κ1) is 13.9. The number of aromatic nitrogens is 1. The van der Waals surface area contributed by atoms with Crippen molar-refractivity contribution in [3.8, 4) is 0 Å². The third-order valence-corrected chi connectivity index (χ3v) is 4.12. The van der Waals surface area contributed by atoms with Crippen LogP contribution in [0.2, 0.25) is 0 Å². The molecule has 21 heavy (non-hydrogen) atoms. The van der Waals surface area contributed by atoms with Crippen LogP contribution < -0.4 is 5.32 Å². The summed E-state index contributed by atoms with van der Waals surface area (Å²) in [6.07, 6.45) is 5.13. The number of nitro benzene ring substituents is 1. The Bertz CT molecular complexity index is 668. The summed E-state index contributed by atoms with van der Waals surface area (Å²) in [5.41, 5.74) is 1.98. The van der Waals surface area contributed by atoms with E-state index in [2.05, 4.69) is 17.2 Å². The molecule has 0 amide bonds. The van der Waals surface area contributed by atoms with E-state index in [-0.39, 0.29) is 10.6 Å². The van der Waals surface area contributed by atoms with E-state index in [0.717, 1.165) is 30.0 Å². The number of rotatable bonds is 6. The summed E-state index contributed by atoms with van der Waals surface area (Å²) >= 11 is 0. The molecule has 1 aliphatic rings. The van der Waals surface area contributed by atoms with Crippen molar-refractivity contribution in [3.05, 3.63) is 46.1 Å². The Morgan fingerprint density at radius 3 is 2.90 bits per heavy atom. The Hall–Kier alpha value is -2.01. The number of likely N-dealkylation sites (N-methyl/N-ethyl adjacent to an activating group) is 1. The summed E-state index contributed by atoms with van der Waals surface area (Å²) < 4.78 is 0. The summed E-state index contributed by atoms with van der Waals surface area (Å²) in [5, 5.41) is 15.3. The highest BCUT2D eigenvalue weighted by Crippen LogP contribution is 2.35. The zero-order chi connectivity index (χ0) is 14.8. The summed E-state index contributed by atoms with van der Waals surface area (Å²) in [6.45, 7) is 3.06. The van der Waals surface area contributed by atoms with Crippen molar-refractivity contribution in [2.75, 3.05) is 6.54 Å². The smallest absolute Gasteiger partial charge is 0.278 e. The fraction of sp³-hybridized carbons (Fsp3) is 0.438. The zero-order valence-electron chi connectivity index (χ0n) is 12.1. The van der Waals surface area contributed by atoms with Gasteiger partial charge in [-0.15, -0.1) is 0 Å². The molecule has 5 nitrogen and oxygen atoms in total. The molecule has 1 aromatic heterocycles. The fourth-order valence-electron chi connectivity index (χ4n) is 2.94. The molecular weight excluding hydrogens is 266 g/mol. The van der Waals surface area contributed by atoms with Crippen LogP contribution in [-0.2, 0) is 6.42 Å². The molecule has 1 saturated carbocycles. The van der Waals surface area contributed by atoms with E-state index >= 15 is 0 Å². The molecule has 1 aliphatic carbocycles. The lowest BCUT2D eigenvalue weighted by atomic mass is 9.98. The Morgan fingerprint density at radius 1 is 1.43 bits per heavy atom. The number of nitro groups is 1. The first-order valence-corrected chi connectivity index (χ1v) is 7.45.